The van der Waals surface area contributed by atoms with E-state index in [0.717, 1.165) is 43.2 Å². The molecule has 2 aromatic carbocycles. The normalized spacial score (nSPS) is 14.0. The molecule has 1 saturated heterocycles. The smallest absolute Gasteiger partial charge is 0.255 e. The van der Waals surface area contributed by atoms with Crippen LogP contribution in [0.4, 0.5) is 11.4 Å². The monoisotopic (exact) mass is 380 g/mol. The molecule has 1 fully saturated rings. The number of nitrogens with zero attached hydrogens (tertiary/aromatic N) is 1. The van der Waals surface area contributed by atoms with Crippen LogP contribution in [0.1, 0.15) is 62.2 Å². The van der Waals surface area contributed by atoms with Gasteiger partial charge in [-0.3, -0.25) is 4.79 Å². The molecule has 3 rings (SSSR count). The molecule has 0 bridgehead atoms. The first-order chi connectivity index (χ1) is 13.8. The van der Waals surface area contributed by atoms with Crippen LogP contribution in [0.2, 0.25) is 0 Å². The molecule has 1 heterocycles. The van der Waals surface area contributed by atoms with E-state index in [1.54, 1.807) is 0 Å². The van der Waals surface area contributed by atoms with Gasteiger partial charge in [0.1, 0.15) is 5.75 Å². The molecule has 0 aliphatic carbocycles. The second kappa shape index (κ2) is 10.7. The Bertz CT molecular complexity index is 737. The number of anilines is 2. The van der Waals surface area contributed by atoms with E-state index >= 15 is 0 Å². The number of rotatable bonds is 9. The van der Waals surface area contributed by atoms with Crippen molar-refractivity contribution in [2.45, 2.75) is 51.9 Å². The van der Waals surface area contributed by atoms with Crippen molar-refractivity contribution in [1.29, 1.82) is 0 Å². The molecule has 1 N–H and O–H groups in total. The third-order valence-electron chi connectivity index (χ3n) is 5.23. The Labute approximate surface area is 168 Å². The van der Waals surface area contributed by atoms with Gasteiger partial charge in [0, 0.05) is 18.7 Å². The Kier molecular flexibility index (Phi) is 7.77. The standard InChI is InChI=1S/C24H32N2O2/c1-2-3-4-10-19-28-21-15-13-20(14-16-21)24(27)25-22-11-6-7-12-23(22)26-17-8-5-9-18-26/h6-7,11-16H,2-5,8-10,17-19H2,1H3,(H,25,27). The third kappa shape index (κ3) is 5.75. The van der Waals surface area contributed by atoms with E-state index in [4.69, 9.17) is 4.74 Å². The first-order valence-corrected chi connectivity index (χ1v) is 10.7. The second-order valence-corrected chi connectivity index (χ2v) is 7.45. The minimum atomic E-state index is -0.0843. The largest absolute Gasteiger partial charge is 0.494 e. The maximum Gasteiger partial charge on any atom is 0.255 e. The minimum Gasteiger partial charge on any atom is -0.494 e. The lowest BCUT2D eigenvalue weighted by Gasteiger charge is -2.30. The summed E-state index contributed by atoms with van der Waals surface area (Å²) in [6.45, 7) is 5.04. The lowest BCUT2D eigenvalue weighted by atomic mass is 10.1. The van der Waals surface area contributed by atoms with Crippen LogP contribution in [0, 0.1) is 0 Å². The number of nitrogens with one attached hydrogen (secondary N) is 1. The Morgan fingerprint density at radius 3 is 2.46 bits per heavy atom. The van der Waals surface area contributed by atoms with Gasteiger partial charge in [-0.05, 0) is 62.1 Å². The zero-order chi connectivity index (χ0) is 19.6. The Balaban J connectivity index is 1.57. The average molecular weight is 381 g/mol. The highest BCUT2D eigenvalue weighted by Gasteiger charge is 2.16. The summed E-state index contributed by atoms with van der Waals surface area (Å²) < 4.78 is 5.77. The van der Waals surface area contributed by atoms with Crippen LogP contribution in [0.5, 0.6) is 5.75 Å². The summed E-state index contributed by atoms with van der Waals surface area (Å²) in [6.07, 6.45) is 8.46. The molecule has 0 unspecified atom stereocenters. The van der Waals surface area contributed by atoms with E-state index < -0.39 is 0 Å². The van der Waals surface area contributed by atoms with E-state index in [1.165, 1.54) is 38.5 Å². The SMILES string of the molecule is CCCCCCOc1ccc(C(=O)Nc2ccccc2N2CCCCC2)cc1. The van der Waals surface area contributed by atoms with Gasteiger partial charge >= 0.3 is 0 Å². The number of hydrogen-bond donors (Lipinski definition) is 1. The van der Waals surface area contributed by atoms with Crippen LogP contribution < -0.4 is 15.0 Å². The zero-order valence-electron chi connectivity index (χ0n) is 17.0. The highest BCUT2D eigenvalue weighted by atomic mass is 16.5. The number of carbonyl (C=O) groups is 1. The molecular formula is C24H32N2O2. The predicted octanol–water partition coefficient (Wildman–Crippen LogP) is 5.89. The predicted molar refractivity (Wildman–Crippen MR) is 117 cm³/mol. The lowest BCUT2D eigenvalue weighted by molar-refractivity contribution is 0.102. The topological polar surface area (TPSA) is 41.6 Å². The fourth-order valence-electron chi connectivity index (χ4n) is 3.61. The van der Waals surface area contributed by atoms with Crippen molar-refractivity contribution in [1.82, 2.24) is 0 Å². The number of ether oxygens (including phenoxy) is 1. The lowest BCUT2D eigenvalue weighted by Crippen LogP contribution is -2.30. The number of benzene rings is 2. The zero-order valence-corrected chi connectivity index (χ0v) is 17.0. The maximum atomic E-state index is 12.7. The molecule has 0 aromatic heterocycles. The number of hydrogen-bond acceptors (Lipinski definition) is 3. The van der Waals surface area contributed by atoms with Gasteiger partial charge < -0.3 is 15.0 Å². The van der Waals surface area contributed by atoms with Gasteiger partial charge in [0.15, 0.2) is 0 Å². The van der Waals surface area contributed by atoms with E-state index in [2.05, 4.69) is 23.2 Å². The summed E-state index contributed by atoms with van der Waals surface area (Å²) in [5.74, 6) is 0.737. The molecular weight excluding hydrogens is 348 g/mol. The van der Waals surface area contributed by atoms with Crippen molar-refractivity contribution in [3.63, 3.8) is 0 Å². The number of para-hydroxylation sites is 2. The van der Waals surface area contributed by atoms with Crippen LogP contribution in [-0.4, -0.2) is 25.6 Å². The second-order valence-electron chi connectivity index (χ2n) is 7.45. The van der Waals surface area contributed by atoms with Gasteiger partial charge in [-0.2, -0.15) is 0 Å². The molecule has 1 aliphatic heterocycles. The molecule has 0 spiro atoms. The van der Waals surface area contributed by atoms with Crippen molar-refractivity contribution in [3.8, 4) is 5.75 Å². The average Bonchev–Trinajstić information content (AvgIpc) is 2.75. The van der Waals surface area contributed by atoms with Crippen LogP contribution >= 0.6 is 0 Å². The number of piperidine rings is 1. The number of unbranched alkanes of at least 4 members (excludes halogenated alkanes) is 3. The summed E-state index contributed by atoms with van der Waals surface area (Å²) in [5.41, 5.74) is 2.64. The molecule has 2 aromatic rings. The highest BCUT2D eigenvalue weighted by Crippen LogP contribution is 2.28. The fourth-order valence-corrected chi connectivity index (χ4v) is 3.61. The van der Waals surface area contributed by atoms with Crippen molar-refractivity contribution in [2.24, 2.45) is 0 Å². The third-order valence-corrected chi connectivity index (χ3v) is 5.23. The van der Waals surface area contributed by atoms with Crippen LogP contribution in [-0.2, 0) is 0 Å². The van der Waals surface area contributed by atoms with E-state index in [9.17, 15) is 4.79 Å². The molecule has 150 valence electrons. The minimum absolute atomic E-state index is 0.0843. The summed E-state index contributed by atoms with van der Waals surface area (Å²) >= 11 is 0. The number of carbonyl (C=O) groups excluding carboxylic acids is 1. The summed E-state index contributed by atoms with van der Waals surface area (Å²) in [4.78, 5) is 15.1. The van der Waals surface area contributed by atoms with Gasteiger partial charge in [-0.1, -0.05) is 38.3 Å². The van der Waals surface area contributed by atoms with Gasteiger partial charge in [0.05, 0.1) is 18.0 Å². The molecule has 0 saturated carbocycles. The van der Waals surface area contributed by atoms with Crippen molar-refractivity contribution >= 4 is 17.3 Å². The molecule has 1 amide bonds. The molecule has 4 nitrogen and oxygen atoms in total. The van der Waals surface area contributed by atoms with Crippen LogP contribution in [0.15, 0.2) is 48.5 Å². The maximum absolute atomic E-state index is 12.7. The first-order valence-electron chi connectivity index (χ1n) is 10.7. The summed E-state index contributed by atoms with van der Waals surface area (Å²) in [6, 6.07) is 15.5. The van der Waals surface area contributed by atoms with Gasteiger partial charge in [0.2, 0.25) is 0 Å². The Morgan fingerprint density at radius 2 is 1.71 bits per heavy atom. The van der Waals surface area contributed by atoms with Crippen LogP contribution in [0.3, 0.4) is 0 Å². The molecule has 1 aliphatic rings. The van der Waals surface area contributed by atoms with E-state index in [-0.39, 0.29) is 5.91 Å². The molecule has 28 heavy (non-hydrogen) atoms. The van der Waals surface area contributed by atoms with Crippen LogP contribution in [0.25, 0.3) is 0 Å². The van der Waals surface area contributed by atoms with Crippen molar-refractivity contribution < 1.29 is 9.53 Å². The Morgan fingerprint density at radius 1 is 0.964 bits per heavy atom. The quantitative estimate of drug-likeness (QED) is 0.552. The highest BCUT2D eigenvalue weighted by molar-refractivity contribution is 6.06. The molecule has 0 atom stereocenters. The van der Waals surface area contributed by atoms with Crippen molar-refractivity contribution in [2.75, 3.05) is 29.9 Å². The number of amides is 1. The van der Waals surface area contributed by atoms with E-state index in [1.807, 2.05) is 42.5 Å². The van der Waals surface area contributed by atoms with Crippen molar-refractivity contribution in [3.05, 3.63) is 54.1 Å². The van der Waals surface area contributed by atoms with E-state index in [0.29, 0.717) is 5.56 Å². The van der Waals surface area contributed by atoms with Gasteiger partial charge in [0.25, 0.3) is 5.91 Å². The fraction of sp³-hybridized carbons (Fsp3) is 0.458. The first kappa shape index (κ1) is 20.2. The summed E-state index contributed by atoms with van der Waals surface area (Å²) in [7, 11) is 0. The summed E-state index contributed by atoms with van der Waals surface area (Å²) in [5, 5.41) is 3.09. The molecule has 0 radical (unpaired) electrons. The van der Waals surface area contributed by atoms with Gasteiger partial charge in [-0.15, -0.1) is 0 Å². The van der Waals surface area contributed by atoms with Gasteiger partial charge in [-0.25, -0.2) is 0 Å². The molecule has 4 heteroatoms. The Hall–Kier alpha value is -2.49.